The van der Waals surface area contributed by atoms with Crippen molar-refractivity contribution in [2.75, 3.05) is 13.7 Å². The SMILES string of the molecule is CCOC(=O)C1(c2ccc(CC(=O)c3cnn(-c4ccc(C)cc4)c3C)cn2)CCC(OC)CC1. The van der Waals surface area contributed by atoms with E-state index in [9.17, 15) is 9.59 Å². The number of hydrogen-bond acceptors (Lipinski definition) is 6. The molecule has 0 N–H and O–H groups in total. The lowest BCUT2D eigenvalue weighted by Gasteiger charge is -2.37. The lowest BCUT2D eigenvalue weighted by atomic mass is 9.70. The zero-order valence-corrected chi connectivity index (χ0v) is 20.9. The van der Waals surface area contributed by atoms with Crippen molar-refractivity contribution in [3.8, 4) is 5.69 Å². The van der Waals surface area contributed by atoms with Crippen molar-refractivity contribution in [3.05, 3.63) is 76.9 Å². The Balaban J connectivity index is 1.51. The minimum atomic E-state index is -0.765. The fourth-order valence-corrected chi connectivity index (χ4v) is 4.88. The van der Waals surface area contributed by atoms with Crippen LogP contribution in [0.25, 0.3) is 5.69 Å². The molecule has 7 heteroatoms. The number of pyridine rings is 1. The monoisotopic (exact) mass is 475 g/mol. The third-order valence-corrected chi connectivity index (χ3v) is 7.05. The van der Waals surface area contributed by atoms with Gasteiger partial charge in [-0.3, -0.25) is 14.6 Å². The first-order valence-corrected chi connectivity index (χ1v) is 12.2. The van der Waals surface area contributed by atoms with E-state index in [0.29, 0.717) is 30.7 Å². The van der Waals surface area contributed by atoms with Crippen molar-refractivity contribution in [1.29, 1.82) is 0 Å². The van der Waals surface area contributed by atoms with Crippen LogP contribution < -0.4 is 0 Å². The number of aryl methyl sites for hydroxylation is 1. The van der Waals surface area contributed by atoms with Crippen LogP contribution in [-0.4, -0.2) is 46.3 Å². The average molecular weight is 476 g/mol. The normalized spacial score (nSPS) is 19.9. The highest BCUT2D eigenvalue weighted by Crippen LogP contribution is 2.40. The molecule has 1 fully saturated rings. The van der Waals surface area contributed by atoms with Crippen LogP contribution in [0.3, 0.4) is 0 Å². The number of benzene rings is 1. The summed E-state index contributed by atoms with van der Waals surface area (Å²) in [7, 11) is 1.71. The van der Waals surface area contributed by atoms with Gasteiger partial charge in [-0.05, 0) is 70.2 Å². The molecule has 1 aliphatic rings. The van der Waals surface area contributed by atoms with Gasteiger partial charge in [0.15, 0.2) is 5.78 Å². The lowest BCUT2D eigenvalue weighted by molar-refractivity contribution is -0.153. The lowest BCUT2D eigenvalue weighted by Crippen LogP contribution is -2.43. The summed E-state index contributed by atoms with van der Waals surface area (Å²) in [6, 6.07) is 11.8. The largest absolute Gasteiger partial charge is 0.465 e. The summed E-state index contributed by atoms with van der Waals surface area (Å²) in [5, 5.41) is 4.43. The Labute approximate surface area is 206 Å². The quantitative estimate of drug-likeness (QED) is 0.347. The number of ether oxygens (including phenoxy) is 2. The molecular formula is C28H33N3O4. The number of esters is 1. The van der Waals surface area contributed by atoms with E-state index in [1.807, 2.05) is 57.2 Å². The molecule has 3 aromatic rings. The molecule has 184 valence electrons. The van der Waals surface area contributed by atoms with E-state index in [1.54, 1.807) is 24.2 Å². The fourth-order valence-electron chi connectivity index (χ4n) is 4.88. The van der Waals surface area contributed by atoms with Crippen LogP contribution in [-0.2, 0) is 26.1 Å². The fraction of sp³-hybridized carbons (Fsp3) is 0.429. The molecule has 4 rings (SSSR count). The van der Waals surface area contributed by atoms with E-state index in [1.165, 1.54) is 5.56 Å². The van der Waals surface area contributed by atoms with Gasteiger partial charge < -0.3 is 9.47 Å². The molecule has 1 aliphatic carbocycles. The Kier molecular flexibility index (Phi) is 7.45. The number of hydrogen-bond donors (Lipinski definition) is 0. The predicted molar refractivity (Wildman–Crippen MR) is 133 cm³/mol. The second-order valence-corrected chi connectivity index (χ2v) is 9.28. The maximum atomic E-state index is 13.1. The summed E-state index contributed by atoms with van der Waals surface area (Å²) >= 11 is 0. The van der Waals surface area contributed by atoms with Gasteiger partial charge in [-0.25, -0.2) is 4.68 Å². The van der Waals surface area contributed by atoms with Gasteiger partial charge in [0, 0.05) is 19.7 Å². The summed E-state index contributed by atoms with van der Waals surface area (Å²) < 4.78 is 12.7. The number of ketones is 1. The molecule has 0 aliphatic heterocycles. The molecule has 2 aromatic heterocycles. The van der Waals surface area contributed by atoms with Gasteiger partial charge in [0.05, 0.1) is 41.5 Å². The molecule has 0 atom stereocenters. The summed E-state index contributed by atoms with van der Waals surface area (Å²) in [5.41, 5.74) is 4.22. The van der Waals surface area contributed by atoms with Gasteiger partial charge in [0.25, 0.3) is 0 Å². The van der Waals surface area contributed by atoms with Crippen LogP contribution in [0.15, 0.2) is 48.8 Å². The number of Topliss-reactive ketones (excluding diaryl/α,β-unsaturated/α-hetero) is 1. The van der Waals surface area contributed by atoms with Crippen molar-refractivity contribution < 1.29 is 19.1 Å². The molecule has 1 saturated carbocycles. The van der Waals surface area contributed by atoms with Gasteiger partial charge in [-0.2, -0.15) is 5.10 Å². The van der Waals surface area contributed by atoms with Gasteiger partial charge in [0.2, 0.25) is 0 Å². The topological polar surface area (TPSA) is 83.3 Å². The van der Waals surface area contributed by atoms with E-state index in [-0.39, 0.29) is 24.3 Å². The standard InChI is InChI=1S/C28H33N3O4/c1-5-35-27(33)28(14-12-23(34-4)13-15-28)26-11-8-21(17-29-26)16-25(32)24-18-30-31(20(24)3)22-9-6-19(2)7-10-22/h6-11,17-18,23H,5,12-16H2,1-4H3. The van der Waals surface area contributed by atoms with E-state index in [4.69, 9.17) is 9.47 Å². The average Bonchev–Trinajstić information content (AvgIpc) is 3.26. The summed E-state index contributed by atoms with van der Waals surface area (Å²) in [4.78, 5) is 30.7. The number of carbonyl (C=O) groups is 2. The predicted octanol–water partition coefficient (Wildman–Crippen LogP) is 4.70. The highest BCUT2D eigenvalue weighted by Gasteiger charge is 2.45. The van der Waals surface area contributed by atoms with E-state index in [0.717, 1.165) is 29.8 Å². The van der Waals surface area contributed by atoms with E-state index >= 15 is 0 Å². The maximum absolute atomic E-state index is 13.1. The zero-order valence-electron chi connectivity index (χ0n) is 20.9. The van der Waals surface area contributed by atoms with Crippen molar-refractivity contribution in [2.45, 2.75) is 64.4 Å². The Morgan fingerprint density at radius 3 is 2.37 bits per heavy atom. The first kappa shape index (κ1) is 24.8. The Bertz CT molecular complexity index is 1170. The third kappa shape index (κ3) is 5.05. The number of rotatable bonds is 8. The van der Waals surface area contributed by atoms with Gasteiger partial charge in [0.1, 0.15) is 5.41 Å². The first-order chi connectivity index (χ1) is 16.9. The smallest absolute Gasteiger partial charge is 0.318 e. The second kappa shape index (κ2) is 10.5. The minimum Gasteiger partial charge on any atom is -0.465 e. The molecule has 0 saturated heterocycles. The summed E-state index contributed by atoms with van der Waals surface area (Å²) in [6.07, 6.45) is 6.52. The van der Waals surface area contributed by atoms with Crippen LogP contribution in [0.2, 0.25) is 0 Å². The third-order valence-electron chi connectivity index (χ3n) is 7.05. The Morgan fingerprint density at radius 2 is 1.77 bits per heavy atom. The van der Waals surface area contributed by atoms with Crippen LogP contribution in [0.1, 0.15) is 65.5 Å². The van der Waals surface area contributed by atoms with Crippen LogP contribution in [0.5, 0.6) is 0 Å². The van der Waals surface area contributed by atoms with Crippen molar-refractivity contribution in [1.82, 2.24) is 14.8 Å². The number of methoxy groups -OCH3 is 1. The maximum Gasteiger partial charge on any atom is 0.318 e. The molecule has 2 heterocycles. The van der Waals surface area contributed by atoms with E-state index < -0.39 is 5.41 Å². The highest BCUT2D eigenvalue weighted by atomic mass is 16.5. The van der Waals surface area contributed by atoms with E-state index in [2.05, 4.69) is 10.1 Å². The van der Waals surface area contributed by atoms with Crippen LogP contribution in [0.4, 0.5) is 0 Å². The molecular weight excluding hydrogens is 442 g/mol. The molecule has 35 heavy (non-hydrogen) atoms. The molecule has 0 spiro atoms. The van der Waals surface area contributed by atoms with Gasteiger partial charge in [-0.1, -0.05) is 23.8 Å². The second-order valence-electron chi connectivity index (χ2n) is 9.28. The van der Waals surface area contributed by atoms with Crippen molar-refractivity contribution in [3.63, 3.8) is 0 Å². The molecule has 0 radical (unpaired) electrons. The minimum absolute atomic E-state index is 0.0175. The van der Waals surface area contributed by atoms with Crippen molar-refractivity contribution in [2.24, 2.45) is 0 Å². The Morgan fingerprint density at radius 1 is 1.06 bits per heavy atom. The van der Waals surface area contributed by atoms with Crippen LogP contribution >= 0.6 is 0 Å². The molecule has 0 bridgehead atoms. The molecule has 7 nitrogen and oxygen atoms in total. The molecule has 0 amide bonds. The first-order valence-electron chi connectivity index (χ1n) is 12.2. The molecule has 1 aromatic carbocycles. The van der Waals surface area contributed by atoms with Crippen LogP contribution in [0, 0.1) is 13.8 Å². The summed E-state index contributed by atoms with van der Waals surface area (Å²) in [5.74, 6) is -0.249. The van der Waals surface area contributed by atoms with Gasteiger partial charge in [-0.15, -0.1) is 0 Å². The number of aromatic nitrogens is 3. The number of carbonyl (C=O) groups excluding carboxylic acids is 2. The Hall–Kier alpha value is -3.32. The molecule has 0 unspecified atom stereocenters. The summed E-state index contributed by atoms with van der Waals surface area (Å²) in [6.45, 7) is 6.09. The highest BCUT2D eigenvalue weighted by molar-refractivity contribution is 5.98. The van der Waals surface area contributed by atoms with Crippen molar-refractivity contribution >= 4 is 11.8 Å². The van der Waals surface area contributed by atoms with Gasteiger partial charge >= 0.3 is 5.97 Å². The number of nitrogens with zero attached hydrogens (tertiary/aromatic N) is 3. The zero-order chi connectivity index (χ0) is 25.0.